The van der Waals surface area contributed by atoms with E-state index in [0.29, 0.717) is 11.1 Å². The monoisotopic (exact) mass is 497 g/mol. The largest absolute Gasteiger partial charge is 0.506 e. The van der Waals surface area contributed by atoms with Gasteiger partial charge in [0.2, 0.25) is 0 Å². The molecule has 0 saturated heterocycles. The highest BCUT2D eigenvalue weighted by molar-refractivity contribution is 8.18. The fourth-order valence-electron chi connectivity index (χ4n) is 3.14. The minimum absolute atomic E-state index is 0.0221. The Morgan fingerprint density at radius 3 is 2.51 bits per heavy atom. The van der Waals surface area contributed by atoms with Crippen molar-refractivity contribution >= 4 is 40.7 Å². The maximum absolute atomic E-state index is 12.8. The lowest BCUT2D eigenvalue weighted by molar-refractivity contribution is -0.139. The lowest BCUT2D eigenvalue weighted by Gasteiger charge is -2.10. The van der Waals surface area contributed by atoms with Gasteiger partial charge in [0.1, 0.15) is 16.4 Å². The Hall–Kier alpha value is -4.05. The molecular weight excluding hydrogens is 474 g/mol. The van der Waals surface area contributed by atoms with Gasteiger partial charge in [0.05, 0.1) is 18.6 Å². The number of aliphatic imine (C=N–C) groups is 1. The second kappa shape index (κ2) is 11.4. The third-order valence-electron chi connectivity index (χ3n) is 4.79. The molecular formula is C25H23NO8S. The number of hydrogen-bond donors (Lipinski definition) is 2. The molecule has 35 heavy (non-hydrogen) atoms. The molecule has 0 atom stereocenters. The van der Waals surface area contributed by atoms with Crippen LogP contribution in [0.4, 0.5) is 0 Å². The van der Waals surface area contributed by atoms with Gasteiger partial charge in [-0.15, -0.1) is 0 Å². The van der Waals surface area contributed by atoms with E-state index < -0.39 is 24.5 Å². The first-order chi connectivity index (χ1) is 16.7. The number of ether oxygens (including phenoxy) is 3. The number of aliphatic hydroxyl groups excluding tert-OH is 1. The average Bonchev–Trinajstić information content (AvgIpc) is 3.12. The van der Waals surface area contributed by atoms with Crippen LogP contribution in [0.3, 0.4) is 0 Å². The zero-order chi connectivity index (χ0) is 25.5. The summed E-state index contributed by atoms with van der Waals surface area (Å²) in [5, 5.41) is 19.7. The van der Waals surface area contributed by atoms with E-state index in [9.17, 15) is 19.5 Å². The van der Waals surface area contributed by atoms with Gasteiger partial charge in [0, 0.05) is 5.56 Å². The van der Waals surface area contributed by atoms with Crippen molar-refractivity contribution in [3.63, 3.8) is 0 Å². The summed E-state index contributed by atoms with van der Waals surface area (Å²) in [6.07, 6.45) is 1.57. The molecule has 1 aliphatic rings. The molecule has 1 amide bonds. The number of carboxylic acids is 1. The van der Waals surface area contributed by atoms with Crippen LogP contribution in [0.5, 0.6) is 11.5 Å². The average molecular weight is 498 g/mol. The SMILES string of the molecule is CCOC(=O)C1=C(O)/C(=C/c2ccc(OCC(=O)O)c(OC)c2)SC1=NC(=O)c1ccccc1C. The first kappa shape index (κ1) is 25.6. The van der Waals surface area contributed by atoms with E-state index in [2.05, 4.69) is 4.99 Å². The molecule has 0 aromatic heterocycles. The van der Waals surface area contributed by atoms with Crippen molar-refractivity contribution in [2.24, 2.45) is 4.99 Å². The molecule has 2 N–H and O–H groups in total. The molecule has 0 fully saturated rings. The molecule has 0 bridgehead atoms. The number of aliphatic hydroxyl groups is 1. The van der Waals surface area contributed by atoms with Crippen LogP contribution in [0.15, 0.2) is 63.7 Å². The zero-order valence-corrected chi connectivity index (χ0v) is 20.0. The molecule has 0 spiro atoms. The number of esters is 1. The Labute approximate surface area is 205 Å². The van der Waals surface area contributed by atoms with Gasteiger partial charge in [-0.2, -0.15) is 0 Å². The van der Waals surface area contributed by atoms with E-state index in [1.54, 1.807) is 56.3 Å². The zero-order valence-electron chi connectivity index (χ0n) is 19.2. The molecule has 0 aliphatic carbocycles. The first-order valence-electron chi connectivity index (χ1n) is 10.5. The summed E-state index contributed by atoms with van der Waals surface area (Å²) in [6.45, 7) is 2.95. The summed E-state index contributed by atoms with van der Waals surface area (Å²) >= 11 is 0.952. The maximum atomic E-state index is 12.8. The Balaban J connectivity index is 1.99. The van der Waals surface area contributed by atoms with Crippen molar-refractivity contribution < 1.29 is 38.8 Å². The number of aliphatic carboxylic acids is 1. The van der Waals surface area contributed by atoms with E-state index in [0.717, 1.165) is 17.3 Å². The van der Waals surface area contributed by atoms with Gasteiger partial charge in [0.15, 0.2) is 18.1 Å². The topological polar surface area (TPSA) is 132 Å². The second-order valence-corrected chi connectivity index (χ2v) is 8.22. The van der Waals surface area contributed by atoms with Crippen LogP contribution in [-0.2, 0) is 14.3 Å². The lowest BCUT2D eigenvalue weighted by Crippen LogP contribution is -2.14. The summed E-state index contributed by atoms with van der Waals surface area (Å²) in [5.41, 5.74) is 1.47. The summed E-state index contributed by atoms with van der Waals surface area (Å²) in [7, 11) is 1.41. The van der Waals surface area contributed by atoms with Crippen molar-refractivity contribution in [3.05, 3.63) is 75.4 Å². The van der Waals surface area contributed by atoms with Crippen LogP contribution in [0.1, 0.15) is 28.4 Å². The third kappa shape index (κ3) is 6.10. The van der Waals surface area contributed by atoms with Crippen molar-refractivity contribution in [2.75, 3.05) is 20.3 Å². The summed E-state index contributed by atoms with van der Waals surface area (Å²) in [6, 6.07) is 11.6. The number of rotatable bonds is 8. The number of amides is 1. The van der Waals surface area contributed by atoms with Crippen molar-refractivity contribution in [1.29, 1.82) is 0 Å². The number of benzene rings is 2. The molecule has 3 rings (SSSR count). The predicted octanol–water partition coefficient (Wildman–Crippen LogP) is 4.17. The van der Waals surface area contributed by atoms with E-state index in [1.807, 2.05) is 0 Å². The molecule has 1 heterocycles. The van der Waals surface area contributed by atoms with E-state index >= 15 is 0 Å². The molecule has 2 aromatic carbocycles. The number of nitrogens with zero attached hydrogens (tertiary/aromatic N) is 1. The van der Waals surface area contributed by atoms with Crippen LogP contribution in [0.25, 0.3) is 6.08 Å². The normalized spacial score (nSPS) is 15.4. The summed E-state index contributed by atoms with van der Waals surface area (Å²) in [5.74, 6) is -2.34. The van der Waals surface area contributed by atoms with Gasteiger partial charge in [-0.05, 0) is 49.2 Å². The van der Waals surface area contributed by atoms with Gasteiger partial charge >= 0.3 is 11.9 Å². The number of carbonyl (C=O) groups is 3. The van der Waals surface area contributed by atoms with Gasteiger partial charge in [-0.25, -0.2) is 14.6 Å². The van der Waals surface area contributed by atoms with Gasteiger partial charge in [-0.1, -0.05) is 36.0 Å². The summed E-state index contributed by atoms with van der Waals surface area (Å²) < 4.78 is 15.5. The Bertz CT molecular complexity index is 1260. The van der Waals surface area contributed by atoms with Crippen molar-refractivity contribution in [2.45, 2.75) is 13.8 Å². The van der Waals surface area contributed by atoms with Gasteiger partial charge < -0.3 is 24.4 Å². The molecule has 0 saturated carbocycles. The standard InChI is InChI=1S/C25H23NO8S/c1-4-33-25(31)21-22(29)19(35-24(21)26-23(30)16-8-6-5-7-14(16)2)12-15-9-10-17(18(11-15)32-3)34-13-20(27)28/h5-12,29H,4,13H2,1-3H3,(H,27,28)/b19-12-,26-24?. The smallest absolute Gasteiger partial charge is 0.344 e. The molecule has 9 nitrogen and oxygen atoms in total. The number of hydrogen-bond acceptors (Lipinski definition) is 8. The molecule has 2 aromatic rings. The Morgan fingerprint density at radius 1 is 1.11 bits per heavy atom. The van der Waals surface area contributed by atoms with Crippen molar-refractivity contribution in [3.8, 4) is 11.5 Å². The minimum atomic E-state index is -1.13. The predicted molar refractivity (Wildman–Crippen MR) is 131 cm³/mol. The van der Waals surface area contributed by atoms with Gasteiger partial charge in [-0.3, -0.25) is 4.79 Å². The fraction of sp³-hybridized carbons (Fsp3) is 0.200. The summed E-state index contributed by atoms with van der Waals surface area (Å²) in [4.78, 5) is 40.5. The fourth-order valence-corrected chi connectivity index (χ4v) is 4.15. The molecule has 182 valence electrons. The van der Waals surface area contributed by atoms with E-state index in [1.165, 1.54) is 13.2 Å². The van der Waals surface area contributed by atoms with E-state index in [-0.39, 0.29) is 39.4 Å². The Kier molecular flexibility index (Phi) is 8.32. The molecule has 10 heteroatoms. The quantitative estimate of drug-likeness (QED) is 0.516. The maximum Gasteiger partial charge on any atom is 0.344 e. The lowest BCUT2D eigenvalue weighted by atomic mass is 10.1. The van der Waals surface area contributed by atoms with Crippen molar-refractivity contribution in [1.82, 2.24) is 0 Å². The van der Waals surface area contributed by atoms with Crippen LogP contribution >= 0.6 is 11.8 Å². The highest BCUT2D eigenvalue weighted by atomic mass is 32.2. The molecule has 0 radical (unpaired) electrons. The molecule has 1 aliphatic heterocycles. The van der Waals surface area contributed by atoms with Crippen LogP contribution in [0, 0.1) is 6.92 Å². The number of carboxylic acid groups (broad SMARTS) is 1. The highest BCUT2D eigenvalue weighted by Crippen LogP contribution is 2.40. The van der Waals surface area contributed by atoms with Crippen LogP contribution in [0.2, 0.25) is 0 Å². The number of aryl methyl sites for hydroxylation is 1. The minimum Gasteiger partial charge on any atom is -0.506 e. The first-order valence-corrected chi connectivity index (χ1v) is 11.3. The van der Waals surface area contributed by atoms with E-state index in [4.69, 9.17) is 19.3 Å². The third-order valence-corrected chi connectivity index (χ3v) is 5.81. The molecule has 0 unspecified atom stereocenters. The number of thioether (sulfide) groups is 1. The Morgan fingerprint density at radius 2 is 1.86 bits per heavy atom. The second-order valence-electron chi connectivity index (χ2n) is 7.18. The van der Waals surface area contributed by atoms with Gasteiger partial charge in [0.25, 0.3) is 5.91 Å². The van der Waals surface area contributed by atoms with Crippen LogP contribution in [-0.4, -0.2) is 53.4 Å². The number of carbonyl (C=O) groups excluding carboxylic acids is 2. The van der Waals surface area contributed by atoms with Crippen LogP contribution < -0.4 is 9.47 Å². The number of methoxy groups -OCH3 is 1. The highest BCUT2D eigenvalue weighted by Gasteiger charge is 2.34.